The molecule has 0 radical (unpaired) electrons. The van der Waals surface area contributed by atoms with Crippen molar-refractivity contribution in [3.63, 3.8) is 0 Å². The topological polar surface area (TPSA) is 97.3 Å². The Morgan fingerprint density at radius 3 is 1.71 bits per heavy atom. The Balaban J connectivity index is 2.05. The van der Waals surface area contributed by atoms with Gasteiger partial charge in [0, 0.05) is 27.3 Å². The van der Waals surface area contributed by atoms with Crippen molar-refractivity contribution in [2.45, 2.75) is 43.9 Å². The number of hydrogen-bond donors (Lipinski definition) is 0. The third kappa shape index (κ3) is 5.70. The van der Waals surface area contributed by atoms with Gasteiger partial charge in [0.25, 0.3) is 0 Å². The largest absolute Gasteiger partial charge is 0.545 e. The van der Waals surface area contributed by atoms with E-state index in [1.807, 2.05) is 0 Å². The lowest BCUT2D eigenvalue weighted by atomic mass is 9.69. The average Bonchev–Trinajstić information content (AvgIpc) is 2.85. The van der Waals surface area contributed by atoms with E-state index in [4.69, 9.17) is 0 Å². The molecule has 0 N–H and O–H groups in total. The highest BCUT2D eigenvalue weighted by Crippen LogP contribution is 2.49. The maximum absolute atomic E-state index is 14.2. The predicted octanol–water partition coefficient (Wildman–Crippen LogP) is 4.83. The van der Waals surface area contributed by atoms with E-state index in [0.717, 1.165) is 36.0 Å². The second-order valence-corrected chi connectivity index (χ2v) is 10.9. The van der Waals surface area contributed by atoms with E-state index in [-0.39, 0.29) is 11.3 Å². The van der Waals surface area contributed by atoms with Crippen molar-refractivity contribution >= 4 is 29.5 Å². The van der Waals surface area contributed by atoms with Crippen LogP contribution in [0.15, 0.2) is 53.4 Å². The number of Topliss-reactive ketones (excluding diaryl/α,β-unsaturated/α-hetero) is 1. The van der Waals surface area contributed by atoms with Crippen LogP contribution in [0.3, 0.4) is 0 Å². The van der Waals surface area contributed by atoms with E-state index in [9.17, 15) is 50.9 Å². The molecular weight excluding hydrogens is 574 g/mol. The first-order valence-electron chi connectivity index (χ1n) is 12.1. The van der Waals surface area contributed by atoms with Crippen LogP contribution in [-0.4, -0.2) is 23.5 Å². The molecule has 0 bridgehead atoms. The zero-order valence-corrected chi connectivity index (χ0v) is 22.3. The lowest BCUT2D eigenvalue weighted by Gasteiger charge is -2.39. The van der Waals surface area contributed by atoms with E-state index >= 15 is 0 Å². The highest BCUT2D eigenvalue weighted by molar-refractivity contribution is 7.99. The summed E-state index contributed by atoms with van der Waals surface area (Å²) in [6.45, 7) is 3.35. The molecule has 12 heteroatoms. The van der Waals surface area contributed by atoms with E-state index in [1.54, 1.807) is 19.9 Å². The van der Waals surface area contributed by atoms with Crippen LogP contribution in [-0.2, 0) is 25.2 Å². The number of ketones is 1. The quantitative estimate of drug-likeness (QED) is 0.380. The number of carboxylic acids is 2. The molecule has 5 nitrogen and oxygen atoms in total. The van der Waals surface area contributed by atoms with Gasteiger partial charge in [0.05, 0.1) is 28.5 Å². The van der Waals surface area contributed by atoms with Gasteiger partial charge < -0.3 is 19.8 Å². The lowest BCUT2D eigenvalue weighted by Crippen LogP contribution is -2.43. The minimum Gasteiger partial charge on any atom is -0.545 e. The van der Waals surface area contributed by atoms with Crippen LogP contribution in [0.2, 0.25) is 0 Å². The summed E-state index contributed by atoms with van der Waals surface area (Å²) >= 11 is 1.02. The molecule has 0 unspecified atom stereocenters. The van der Waals surface area contributed by atoms with Crippen LogP contribution in [0.5, 0.6) is 0 Å². The third-order valence-corrected chi connectivity index (χ3v) is 8.60. The van der Waals surface area contributed by atoms with Gasteiger partial charge >= 0.3 is 12.4 Å². The molecule has 0 saturated heterocycles. The summed E-state index contributed by atoms with van der Waals surface area (Å²) in [5, 5.41) is 23.8. The number of thioether (sulfide) groups is 1. The molecule has 0 spiro atoms. The number of carbonyl (C=O) groups is 3. The molecule has 3 aromatic carbocycles. The maximum Gasteiger partial charge on any atom is 0.416 e. The number of halogens is 6. The molecule has 0 amide bonds. The van der Waals surface area contributed by atoms with Crippen LogP contribution < -0.4 is 10.2 Å². The Morgan fingerprint density at radius 1 is 0.829 bits per heavy atom. The van der Waals surface area contributed by atoms with E-state index in [0.29, 0.717) is 28.2 Å². The minimum absolute atomic E-state index is 0.0396. The number of rotatable bonds is 6. The first kappa shape index (κ1) is 30.2. The molecule has 1 aliphatic heterocycles. The molecule has 0 saturated carbocycles. The lowest BCUT2D eigenvalue weighted by molar-refractivity contribution is -0.256. The third-order valence-electron chi connectivity index (χ3n) is 7.07. The fourth-order valence-corrected chi connectivity index (χ4v) is 6.70. The van der Waals surface area contributed by atoms with Crippen LogP contribution in [0, 0.1) is 19.3 Å². The van der Waals surface area contributed by atoms with Gasteiger partial charge in [-0.05, 0) is 61.6 Å². The predicted molar refractivity (Wildman–Crippen MR) is 132 cm³/mol. The monoisotopic (exact) mass is 594 g/mol. The van der Waals surface area contributed by atoms with Gasteiger partial charge in [-0.1, -0.05) is 35.9 Å². The van der Waals surface area contributed by atoms with Crippen molar-refractivity contribution in [3.05, 3.63) is 98.6 Å². The Hall–Kier alpha value is -3.80. The second kappa shape index (κ2) is 10.6. The van der Waals surface area contributed by atoms with Gasteiger partial charge in [-0.2, -0.15) is 26.3 Å². The second-order valence-electron chi connectivity index (χ2n) is 9.94. The highest BCUT2D eigenvalue weighted by atomic mass is 32.2. The molecule has 1 heterocycles. The Labute approximate surface area is 234 Å². The number of carbonyl (C=O) groups excluding carboxylic acids is 3. The Morgan fingerprint density at radius 2 is 1.29 bits per heavy atom. The normalized spacial score (nSPS) is 15.0. The molecule has 3 aromatic rings. The molecular formula is C29H20F6O5S-2. The van der Waals surface area contributed by atoms with Gasteiger partial charge in [0.2, 0.25) is 0 Å². The molecule has 1 aliphatic rings. The number of hydrogen-bond acceptors (Lipinski definition) is 6. The number of aromatic carboxylic acids is 2. The zero-order valence-electron chi connectivity index (χ0n) is 21.5. The van der Waals surface area contributed by atoms with Gasteiger partial charge in [0.15, 0.2) is 5.78 Å². The van der Waals surface area contributed by atoms with Crippen molar-refractivity contribution in [3.8, 4) is 0 Å². The van der Waals surface area contributed by atoms with Gasteiger partial charge in [0.1, 0.15) is 0 Å². The molecule has 0 atom stereocenters. The van der Waals surface area contributed by atoms with E-state index in [1.165, 1.54) is 6.07 Å². The average molecular weight is 595 g/mol. The van der Waals surface area contributed by atoms with Crippen LogP contribution in [0.25, 0.3) is 0 Å². The first-order chi connectivity index (χ1) is 19.0. The number of fused-ring (bicyclic) bond motifs is 1. The summed E-state index contributed by atoms with van der Waals surface area (Å²) in [6.07, 6.45) is -12.1. The summed E-state index contributed by atoms with van der Waals surface area (Å²) in [7, 11) is 0. The van der Waals surface area contributed by atoms with Crippen molar-refractivity contribution in [1.29, 1.82) is 0 Å². The van der Waals surface area contributed by atoms with Gasteiger partial charge in [-0.15, -0.1) is 11.8 Å². The summed E-state index contributed by atoms with van der Waals surface area (Å²) in [5.74, 6) is -5.15. The van der Waals surface area contributed by atoms with Crippen LogP contribution in [0.4, 0.5) is 26.3 Å². The van der Waals surface area contributed by atoms with Crippen LogP contribution in [0.1, 0.15) is 64.5 Å². The fraction of sp³-hybridized carbons (Fsp3) is 0.276. The molecule has 0 fully saturated rings. The molecule has 216 valence electrons. The highest BCUT2D eigenvalue weighted by Gasteiger charge is 2.48. The molecule has 0 aliphatic carbocycles. The van der Waals surface area contributed by atoms with E-state index < -0.39 is 81.7 Å². The smallest absolute Gasteiger partial charge is 0.416 e. The number of alkyl halides is 6. The fourth-order valence-electron chi connectivity index (χ4n) is 5.35. The number of benzene rings is 3. The van der Waals surface area contributed by atoms with Crippen molar-refractivity contribution in [1.82, 2.24) is 0 Å². The Bertz CT molecular complexity index is 1500. The SMILES string of the molecule is Cc1cc(C)c2c(c1)C(=O)C(Cc1c(C(=O)[O-])cccc1C(F)(F)F)(Cc1c(C(=O)[O-])cccc1C(F)(F)F)CS2. The zero-order chi connectivity index (χ0) is 30.5. The molecule has 4 rings (SSSR count). The molecule has 41 heavy (non-hydrogen) atoms. The summed E-state index contributed by atoms with van der Waals surface area (Å²) in [4.78, 5) is 38.5. The van der Waals surface area contributed by atoms with Crippen molar-refractivity contribution in [2.75, 3.05) is 5.75 Å². The minimum atomic E-state index is -5.09. The summed E-state index contributed by atoms with van der Waals surface area (Å²) in [5.41, 5.74) is -7.07. The summed E-state index contributed by atoms with van der Waals surface area (Å²) in [6, 6.07) is 7.82. The molecule has 0 aromatic heterocycles. The first-order valence-corrected chi connectivity index (χ1v) is 13.0. The van der Waals surface area contributed by atoms with Gasteiger partial charge in [-0.3, -0.25) is 4.79 Å². The van der Waals surface area contributed by atoms with Crippen molar-refractivity contribution in [2.24, 2.45) is 5.41 Å². The summed E-state index contributed by atoms with van der Waals surface area (Å²) < 4.78 is 84.6. The number of aryl methyl sites for hydroxylation is 2. The van der Waals surface area contributed by atoms with Gasteiger partial charge in [-0.25, -0.2) is 0 Å². The van der Waals surface area contributed by atoms with E-state index in [2.05, 4.69) is 0 Å². The van der Waals surface area contributed by atoms with Crippen molar-refractivity contribution < 1.29 is 50.9 Å². The Kier molecular flexibility index (Phi) is 7.76. The standard InChI is InChI=1S/C29H22F6O5S/c1-14-9-15(2)23-18(10-14)24(36)27(13-41-23,11-19-16(25(37)38)5-3-7-21(19)28(30,31)32)12-20-17(26(39)40)6-4-8-22(20)29(33,34)35/h3-10H,11-13H2,1-2H3,(H,37,38)(H,39,40)/p-2. The maximum atomic E-state index is 14.2. The van der Waals surface area contributed by atoms with Crippen LogP contribution >= 0.6 is 11.8 Å². The number of carboxylic acid groups (broad SMARTS) is 2.